The summed E-state index contributed by atoms with van der Waals surface area (Å²) < 4.78 is 57.4. The van der Waals surface area contributed by atoms with Crippen LogP contribution in [0.5, 0.6) is 0 Å². The van der Waals surface area contributed by atoms with Crippen molar-refractivity contribution in [3.63, 3.8) is 0 Å². The molecule has 0 aliphatic heterocycles. The summed E-state index contributed by atoms with van der Waals surface area (Å²) in [5.41, 5.74) is -4.72. The first-order valence-electron chi connectivity index (χ1n) is 6.47. The fourth-order valence-corrected chi connectivity index (χ4v) is 2.49. The van der Waals surface area contributed by atoms with Gasteiger partial charge in [0.1, 0.15) is 11.3 Å². The summed E-state index contributed by atoms with van der Waals surface area (Å²) >= 11 is 11.4. The van der Waals surface area contributed by atoms with Crippen molar-refractivity contribution in [3.05, 3.63) is 55.4 Å². The number of hydrogen-bond acceptors (Lipinski definition) is 5. The number of nitrogens with zero attached hydrogens (tertiary/aromatic N) is 2. The Bertz CT molecular complexity index is 919. The molecule has 0 aliphatic carbocycles. The summed E-state index contributed by atoms with van der Waals surface area (Å²) in [5, 5.41) is 9.90. The predicted octanol–water partition coefficient (Wildman–Crippen LogP) is 4.91. The van der Waals surface area contributed by atoms with Crippen LogP contribution in [0, 0.1) is 15.9 Å². The van der Waals surface area contributed by atoms with Crippen LogP contribution >= 0.6 is 23.2 Å². The second-order valence-electron chi connectivity index (χ2n) is 4.74. The molecule has 0 amide bonds. The Balaban J connectivity index is 2.79. The van der Waals surface area contributed by atoms with Crippen molar-refractivity contribution >= 4 is 34.9 Å². The molecular weight excluding hydrogens is 407 g/mol. The number of ether oxygens (including phenoxy) is 1. The molecule has 0 aliphatic rings. The zero-order valence-corrected chi connectivity index (χ0v) is 14.0. The number of rotatable bonds is 3. The van der Waals surface area contributed by atoms with Gasteiger partial charge in [0.15, 0.2) is 11.5 Å². The maximum atomic E-state index is 14.2. The number of nitro benzene ring substituents is 1. The number of alkyl halides is 3. The summed E-state index contributed by atoms with van der Waals surface area (Å²) in [4.78, 5) is 24.9. The van der Waals surface area contributed by atoms with Crippen LogP contribution in [0.4, 0.5) is 23.2 Å². The average Bonchev–Trinajstić information content (AvgIpc) is 2.53. The van der Waals surface area contributed by atoms with E-state index in [0.29, 0.717) is 12.1 Å². The van der Waals surface area contributed by atoms with Gasteiger partial charge < -0.3 is 4.74 Å². The zero-order valence-electron chi connectivity index (χ0n) is 12.5. The first-order chi connectivity index (χ1) is 12.0. The van der Waals surface area contributed by atoms with Crippen LogP contribution in [-0.2, 0) is 10.9 Å². The summed E-state index contributed by atoms with van der Waals surface area (Å²) in [6, 6.07) is 1.37. The van der Waals surface area contributed by atoms with Gasteiger partial charge in [0.2, 0.25) is 0 Å². The van der Waals surface area contributed by atoms with E-state index in [4.69, 9.17) is 23.2 Å². The highest BCUT2D eigenvalue weighted by Crippen LogP contribution is 2.42. The van der Waals surface area contributed by atoms with Gasteiger partial charge in [-0.1, -0.05) is 23.2 Å². The number of hydrogen-bond donors (Lipinski definition) is 0. The molecule has 138 valence electrons. The van der Waals surface area contributed by atoms with Gasteiger partial charge in [0.05, 0.1) is 22.1 Å². The van der Waals surface area contributed by atoms with Crippen molar-refractivity contribution in [2.45, 2.75) is 6.18 Å². The smallest absolute Gasteiger partial charge is 0.423 e. The minimum Gasteiger partial charge on any atom is -0.464 e. The fraction of sp³-hybridized carbons (Fsp3) is 0.143. The lowest BCUT2D eigenvalue weighted by Crippen LogP contribution is -2.10. The number of carbonyl (C=O) groups excluding carboxylic acids is 1. The van der Waals surface area contributed by atoms with E-state index in [1.54, 1.807) is 0 Å². The number of methoxy groups -OCH3 is 1. The number of aromatic nitrogens is 1. The summed E-state index contributed by atoms with van der Waals surface area (Å²) in [7, 11) is 0.999. The first-order valence-corrected chi connectivity index (χ1v) is 7.22. The van der Waals surface area contributed by atoms with E-state index in [0.717, 1.165) is 7.11 Å². The van der Waals surface area contributed by atoms with Crippen LogP contribution in [-0.4, -0.2) is 23.0 Å². The number of benzene rings is 1. The lowest BCUT2D eigenvalue weighted by molar-refractivity contribution is -0.388. The monoisotopic (exact) mass is 412 g/mol. The number of pyridine rings is 1. The molecule has 0 unspecified atom stereocenters. The molecule has 26 heavy (non-hydrogen) atoms. The Hall–Kier alpha value is -2.46. The van der Waals surface area contributed by atoms with E-state index in [1.165, 1.54) is 0 Å². The minimum absolute atomic E-state index is 0.280. The van der Waals surface area contributed by atoms with Crippen LogP contribution in [0.1, 0.15) is 16.1 Å². The molecule has 0 atom stereocenters. The molecule has 1 aromatic carbocycles. The van der Waals surface area contributed by atoms with E-state index >= 15 is 0 Å². The second kappa shape index (κ2) is 7.04. The molecular formula is C14H6Cl2F4N2O4. The zero-order chi connectivity index (χ0) is 19.8. The molecule has 0 saturated carbocycles. The highest BCUT2D eigenvalue weighted by atomic mass is 35.5. The number of esters is 1. The molecule has 0 radical (unpaired) electrons. The quantitative estimate of drug-likeness (QED) is 0.309. The SMILES string of the molecule is COC(=O)c1nc(-c2cc([N+](=O)[O-])c(C(F)(F)F)cc2Cl)c(F)cc1Cl. The Morgan fingerprint density at radius 1 is 1.23 bits per heavy atom. The molecule has 1 heterocycles. The van der Waals surface area contributed by atoms with Crippen molar-refractivity contribution in [3.8, 4) is 11.3 Å². The van der Waals surface area contributed by atoms with Gasteiger partial charge in [-0.3, -0.25) is 10.1 Å². The normalized spacial score (nSPS) is 11.3. The molecule has 1 aromatic heterocycles. The van der Waals surface area contributed by atoms with Crippen LogP contribution in [0.2, 0.25) is 10.0 Å². The van der Waals surface area contributed by atoms with Crippen molar-refractivity contribution in [1.82, 2.24) is 4.98 Å². The molecule has 0 saturated heterocycles. The van der Waals surface area contributed by atoms with Crippen LogP contribution < -0.4 is 0 Å². The minimum atomic E-state index is -5.06. The summed E-state index contributed by atoms with van der Waals surface area (Å²) in [5.74, 6) is -2.20. The molecule has 0 N–H and O–H groups in total. The van der Waals surface area contributed by atoms with E-state index in [-0.39, 0.29) is 6.07 Å². The first kappa shape index (κ1) is 19.9. The topological polar surface area (TPSA) is 82.3 Å². The fourth-order valence-electron chi connectivity index (χ4n) is 2.02. The number of nitro groups is 1. The number of carbonyl (C=O) groups is 1. The van der Waals surface area contributed by atoms with Crippen molar-refractivity contribution < 1.29 is 32.0 Å². The molecule has 6 nitrogen and oxygen atoms in total. The van der Waals surface area contributed by atoms with Crippen LogP contribution in [0.3, 0.4) is 0 Å². The third kappa shape index (κ3) is 3.70. The highest BCUT2D eigenvalue weighted by molar-refractivity contribution is 6.34. The van der Waals surface area contributed by atoms with E-state index in [2.05, 4.69) is 9.72 Å². The van der Waals surface area contributed by atoms with Gasteiger partial charge in [-0.15, -0.1) is 0 Å². The third-order valence-corrected chi connectivity index (χ3v) is 3.75. The Morgan fingerprint density at radius 2 is 1.85 bits per heavy atom. The Labute approximate surface area is 152 Å². The van der Waals surface area contributed by atoms with Gasteiger partial charge in [0, 0.05) is 11.6 Å². The van der Waals surface area contributed by atoms with Crippen molar-refractivity contribution in [2.24, 2.45) is 0 Å². The second-order valence-corrected chi connectivity index (χ2v) is 5.56. The number of halogens is 6. The molecule has 0 bridgehead atoms. The summed E-state index contributed by atoms with van der Waals surface area (Å²) in [6.07, 6.45) is -5.06. The largest absolute Gasteiger partial charge is 0.464 e. The van der Waals surface area contributed by atoms with Gasteiger partial charge in [-0.05, 0) is 12.1 Å². The lowest BCUT2D eigenvalue weighted by atomic mass is 10.0. The highest BCUT2D eigenvalue weighted by Gasteiger charge is 2.39. The van der Waals surface area contributed by atoms with Gasteiger partial charge >= 0.3 is 12.1 Å². The molecule has 0 fully saturated rings. The van der Waals surface area contributed by atoms with Crippen molar-refractivity contribution in [2.75, 3.05) is 7.11 Å². The van der Waals surface area contributed by atoms with E-state index in [9.17, 15) is 32.5 Å². The van der Waals surface area contributed by atoms with E-state index in [1.807, 2.05) is 0 Å². The third-order valence-electron chi connectivity index (χ3n) is 3.15. The molecule has 2 aromatic rings. The van der Waals surface area contributed by atoms with Gasteiger partial charge in [-0.25, -0.2) is 14.2 Å². The maximum Gasteiger partial charge on any atom is 0.423 e. The van der Waals surface area contributed by atoms with Gasteiger partial charge in [-0.2, -0.15) is 13.2 Å². The van der Waals surface area contributed by atoms with Gasteiger partial charge in [0.25, 0.3) is 5.69 Å². The van der Waals surface area contributed by atoms with E-state index < -0.39 is 61.1 Å². The summed E-state index contributed by atoms with van der Waals surface area (Å²) in [6.45, 7) is 0. The molecule has 2 rings (SSSR count). The Morgan fingerprint density at radius 3 is 2.35 bits per heavy atom. The molecule has 12 heteroatoms. The van der Waals surface area contributed by atoms with Crippen LogP contribution in [0.15, 0.2) is 18.2 Å². The standard InChI is InChI=1S/C14H6Cl2F4N2O4/c1-26-13(23)12-8(16)4-9(17)11(21-12)5-2-10(22(24)25)6(3-7(5)15)14(18,19)20/h2-4H,1H3. The predicted molar refractivity (Wildman–Crippen MR) is 82.6 cm³/mol. The molecule has 0 spiro atoms. The maximum absolute atomic E-state index is 14.2. The lowest BCUT2D eigenvalue weighted by Gasteiger charge is -2.12. The van der Waals surface area contributed by atoms with Crippen molar-refractivity contribution in [1.29, 1.82) is 0 Å². The average molecular weight is 413 g/mol. The Kier molecular flexibility index (Phi) is 5.38. The van der Waals surface area contributed by atoms with Crippen LogP contribution in [0.25, 0.3) is 11.3 Å².